The number of carbonyl (C=O) groups is 3. The van der Waals surface area contributed by atoms with Gasteiger partial charge in [-0.3, -0.25) is 14.4 Å². The number of hydrogen-bond donors (Lipinski definition) is 2. The monoisotopic (exact) mass is 448 g/mol. The number of carbonyl (C=O) groups excluding carboxylic acids is 3. The van der Waals surface area contributed by atoms with Crippen LogP contribution in [-0.4, -0.2) is 38.1 Å². The van der Waals surface area contributed by atoms with E-state index in [1.807, 2.05) is 0 Å². The van der Waals surface area contributed by atoms with E-state index in [0.29, 0.717) is 22.2 Å². The van der Waals surface area contributed by atoms with Gasteiger partial charge in [0.1, 0.15) is 6.10 Å². The molecule has 1 aromatic carbocycles. The summed E-state index contributed by atoms with van der Waals surface area (Å²) >= 11 is 11.6. The molecule has 2 rings (SSSR count). The Bertz CT molecular complexity index is 599. The van der Waals surface area contributed by atoms with Crippen LogP contribution in [0.4, 0.5) is 5.69 Å². The van der Waals surface area contributed by atoms with Crippen LogP contribution in [0.2, 0.25) is 10.0 Å². The van der Waals surface area contributed by atoms with Crippen LogP contribution in [0.3, 0.4) is 0 Å². The van der Waals surface area contributed by atoms with Gasteiger partial charge in [0.15, 0.2) is 0 Å². The Morgan fingerprint density at radius 2 is 1.59 bits per heavy atom. The van der Waals surface area contributed by atoms with Crippen LogP contribution in [0.1, 0.15) is 40.0 Å². The number of methoxy groups -OCH3 is 1. The van der Waals surface area contributed by atoms with Crippen molar-refractivity contribution >= 4 is 47.7 Å². The third-order valence-corrected chi connectivity index (χ3v) is 3.53. The number of allylic oxidation sites excluding steroid dienone is 2. The molecule has 1 aromatic rings. The quantitative estimate of drug-likeness (QED) is 0.513. The van der Waals surface area contributed by atoms with E-state index in [-0.39, 0.29) is 18.4 Å². The molecule has 0 aromatic heterocycles. The van der Waals surface area contributed by atoms with Crippen molar-refractivity contribution in [2.45, 2.75) is 52.2 Å². The second-order valence-corrected chi connectivity index (χ2v) is 6.72. The van der Waals surface area contributed by atoms with E-state index in [4.69, 9.17) is 32.7 Å². The molecule has 164 valence electrons. The summed E-state index contributed by atoms with van der Waals surface area (Å²) in [7, 11) is 1.47. The summed E-state index contributed by atoms with van der Waals surface area (Å²) in [6.07, 6.45) is 8.27. The summed E-state index contributed by atoms with van der Waals surface area (Å²) in [6.45, 7) is 5.70. The molecule has 3 N–H and O–H groups in total. The molecule has 9 heteroatoms. The summed E-state index contributed by atoms with van der Waals surface area (Å²) in [5.41, 5.74) is 4.72. The lowest BCUT2D eigenvalue weighted by molar-refractivity contribution is -0.132. The molecule has 29 heavy (non-hydrogen) atoms. The van der Waals surface area contributed by atoms with Crippen molar-refractivity contribution in [1.82, 2.24) is 0 Å². The molecule has 1 aliphatic carbocycles. The van der Waals surface area contributed by atoms with Crippen molar-refractivity contribution in [1.29, 1.82) is 0 Å². The smallest absolute Gasteiger partial charge is 0.293 e. The van der Waals surface area contributed by atoms with Gasteiger partial charge < -0.3 is 20.5 Å². The van der Waals surface area contributed by atoms with Crippen LogP contribution in [0.5, 0.6) is 0 Å². The van der Waals surface area contributed by atoms with Crippen LogP contribution >= 0.6 is 23.2 Å². The number of hydrogen-bond acceptors (Lipinski definition) is 5. The molecule has 0 bridgehead atoms. The fraction of sp³-hybridized carbons (Fsp3) is 0.450. The van der Waals surface area contributed by atoms with Crippen LogP contribution in [0.15, 0.2) is 30.4 Å². The van der Waals surface area contributed by atoms with Crippen LogP contribution < -0.4 is 11.1 Å². The Labute approximate surface area is 182 Å². The molecule has 0 heterocycles. The Kier molecular flexibility index (Phi) is 19.3. The van der Waals surface area contributed by atoms with E-state index in [1.165, 1.54) is 26.4 Å². The molecule has 1 atom stereocenters. The van der Waals surface area contributed by atoms with Crippen LogP contribution in [0, 0.1) is 0 Å². The summed E-state index contributed by atoms with van der Waals surface area (Å²) in [5, 5.41) is 3.59. The third kappa shape index (κ3) is 19.0. The number of rotatable bonds is 5. The van der Waals surface area contributed by atoms with Gasteiger partial charge in [-0.25, -0.2) is 0 Å². The van der Waals surface area contributed by atoms with E-state index < -0.39 is 6.10 Å². The molecular weight excluding hydrogens is 419 g/mol. The molecule has 0 spiro atoms. The highest BCUT2D eigenvalue weighted by Crippen LogP contribution is 2.22. The number of ether oxygens (including phenoxy) is 2. The number of anilines is 1. The summed E-state index contributed by atoms with van der Waals surface area (Å²) < 4.78 is 9.23. The molecule has 0 aliphatic heterocycles. The van der Waals surface area contributed by atoms with Crippen molar-refractivity contribution in [2.24, 2.45) is 5.73 Å². The van der Waals surface area contributed by atoms with Crippen molar-refractivity contribution in [3.63, 3.8) is 0 Å². The van der Waals surface area contributed by atoms with Gasteiger partial charge in [0.2, 0.25) is 6.41 Å². The zero-order valence-electron chi connectivity index (χ0n) is 17.2. The van der Waals surface area contributed by atoms with Gasteiger partial charge in [0, 0.05) is 22.8 Å². The SMILES string of the molecule is C1=CCCC1.CC(C)OC=O.COC(C)C(=O)Nc1cc(Cl)cc(Cl)c1.NC=O. The molecule has 0 radical (unpaired) electrons. The molecule has 0 saturated heterocycles. The minimum Gasteiger partial charge on any atom is -0.465 e. The molecule has 0 saturated carbocycles. The first-order valence-electron chi connectivity index (χ1n) is 8.90. The molecular formula is C20H30Cl2N2O5. The van der Waals surface area contributed by atoms with Crippen molar-refractivity contribution in [2.75, 3.05) is 12.4 Å². The van der Waals surface area contributed by atoms with Crippen LogP contribution in [0.25, 0.3) is 0 Å². The van der Waals surface area contributed by atoms with E-state index in [0.717, 1.165) is 0 Å². The normalized spacial score (nSPS) is 12.1. The van der Waals surface area contributed by atoms with Crippen LogP contribution in [-0.2, 0) is 23.9 Å². The fourth-order valence-corrected chi connectivity index (χ4v) is 2.20. The van der Waals surface area contributed by atoms with Gasteiger partial charge in [-0.05, 0) is 58.2 Å². The highest BCUT2D eigenvalue weighted by molar-refractivity contribution is 6.35. The van der Waals surface area contributed by atoms with Crippen molar-refractivity contribution < 1.29 is 23.9 Å². The van der Waals surface area contributed by atoms with E-state index in [1.54, 1.807) is 39.0 Å². The van der Waals surface area contributed by atoms with Crippen molar-refractivity contribution in [3.8, 4) is 0 Å². The standard InChI is InChI=1S/C10H11Cl2NO2.C5H8.C4H8O2.CH3NO/c1-6(15-2)10(14)13-9-4-7(11)3-8(12)5-9;1-2-4-5-3-1;1-4(2)6-3-5;2-1-3/h3-6H,1-2H3,(H,13,14);1-2H,3-5H2;3-4H,1-2H3;1H,(H2,2,3). The van der Waals surface area contributed by atoms with E-state index >= 15 is 0 Å². The predicted octanol–water partition coefficient (Wildman–Crippen LogP) is 4.36. The largest absolute Gasteiger partial charge is 0.465 e. The Balaban J connectivity index is 0. The Morgan fingerprint density at radius 1 is 1.10 bits per heavy atom. The summed E-state index contributed by atoms with van der Waals surface area (Å²) in [6, 6.07) is 4.83. The van der Waals surface area contributed by atoms with Gasteiger partial charge in [0.25, 0.3) is 12.4 Å². The zero-order valence-corrected chi connectivity index (χ0v) is 18.7. The van der Waals surface area contributed by atoms with Gasteiger partial charge in [-0.2, -0.15) is 0 Å². The zero-order chi connectivity index (χ0) is 22.7. The average molecular weight is 449 g/mol. The molecule has 1 unspecified atom stereocenters. The Hall–Kier alpha value is -2.09. The molecule has 2 amide bonds. The maximum Gasteiger partial charge on any atom is 0.293 e. The number of halogens is 2. The first kappa shape index (κ1) is 29.1. The topological polar surface area (TPSA) is 108 Å². The second-order valence-electron chi connectivity index (χ2n) is 5.84. The predicted molar refractivity (Wildman–Crippen MR) is 117 cm³/mol. The van der Waals surface area contributed by atoms with Gasteiger partial charge in [0.05, 0.1) is 6.10 Å². The lowest BCUT2D eigenvalue weighted by Gasteiger charge is -2.10. The third-order valence-electron chi connectivity index (χ3n) is 3.09. The number of nitrogens with two attached hydrogens (primary N) is 1. The molecule has 7 nitrogen and oxygen atoms in total. The van der Waals surface area contributed by atoms with Crippen molar-refractivity contribution in [3.05, 3.63) is 40.4 Å². The summed E-state index contributed by atoms with van der Waals surface area (Å²) in [4.78, 5) is 29.4. The van der Waals surface area contributed by atoms with Gasteiger partial charge >= 0.3 is 0 Å². The minimum absolute atomic E-state index is 0.0301. The first-order valence-corrected chi connectivity index (χ1v) is 9.66. The number of benzene rings is 1. The highest BCUT2D eigenvalue weighted by Gasteiger charge is 2.11. The number of amides is 2. The Morgan fingerprint density at radius 3 is 1.86 bits per heavy atom. The molecule has 1 aliphatic rings. The van der Waals surface area contributed by atoms with E-state index in [9.17, 15) is 9.59 Å². The highest BCUT2D eigenvalue weighted by atomic mass is 35.5. The maximum atomic E-state index is 11.4. The number of primary amides is 1. The van der Waals surface area contributed by atoms with E-state index in [2.05, 4.69) is 27.9 Å². The maximum absolute atomic E-state index is 11.4. The van der Waals surface area contributed by atoms with Gasteiger partial charge in [-0.1, -0.05) is 35.4 Å². The molecule has 0 fully saturated rings. The number of nitrogens with one attached hydrogen (secondary N) is 1. The van der Waals surface area contributed by atoms with Gasteiger partial charge in [-0.15, -0.1) is 0 Å². The lowest BCUT2D eigenvalue weighted by atomic mass is 10.3. The first-order chi connectivity index (χ1) is 13.7. The lowest BCUT2D eigenvalue weighted by Crippen LogP contribution is -2.26. The summed E-state index contributed by atoms with van der Waals surface area (Å²) in [5.74, 6) is -0.240. The average Bonchev–Trinajstić information content (AvgIpc) is 3.21. The fourth-order valence-electron chi connectivity index (χ4n) is 1.68. The second kappa shape index (κ2) is 19.2. The minimum atomic E-state index is -0.511.